The molecule has 0 spiro atoms. The van der Waals surface area contributed by atoms with E-state index in [0.717, 1.165) is 10.4 Å². The van der Waals surface area contributed by atoms with Crippen molar-refractivity contribution in [2.24, 2.45) is 0 Å². The lowest BCUT2D eigenvalue weighted by Crippen LogP contribution is -2.51. The van der Waals surface area contributed by atoms with Crippen LogP contribution in [0.15, 0.2) is 54.6 Å². The second-order valence-electron chi connectivity index (χ2n) is 11.7. The summed E-state index contributed by atoms with van der Waals surface area (Å²) in [6.45, 7) is 6.54. The number of aliphatic hydroxyl groups is 1. The van der Waals surface area contributed by atoms with Crippen molar-refractivity contribution >= 4 is 23.1 Å². The van der Waals surface area contributed by atoms with Crippen molar-refractivity contribution in [2.45, 2.75) is 76.7 Å². The lowest BCUT2D eigenvalue weighted by atomic mass is 10.0. The number of rotatable bonds is 11. The molecule has 11 heteroatoms. The smallest absolute Gasteiger partial charge is 0.310 e. The Kier molecular flexibility index (Phi) is 9.45. The maximum atomic E-state index is 13.4. The molecule has 4 atom stereocenters. The standard InChI is InChI=1S/C33H38O10S/c1-32(2,36)42-28-17-24-30(43-33(3,4)41-24)25(40-28)18-39-27(34)16-21-15-26(29(35)19-7-11-22(37-5)12-8-19)44-31(21)20-9-13-23(38-6)14-10-20/h7-15,24-25,28,30,36H,16-18H2,1-6H3. The summed E-state index contributed by atoms with van der Waals surface area (Å²) in [5.41, 5.74) is 2.02. The molecule has 2 aliphatic heterocycles. The van der Waals surface area contributed by atoms with Gasteiger partial charge in [-0.05, 0) is 93.4 Å². The zero-order valence-corrected chi connectivity index (χ0v) is 26.5. The molecule has 4 unspecified atom stereocenters. The number of thiophene rings is 1. The third-order valence-electron chi connectivity index (χ3n) is 7.24. The molecular formula is C33H38O10S. The van der Waals surface area contributed by atoms with Gasteiger partial charge in [0.25, 0.3) is 0 Å². The number of hydrogen-bond acceptors (Lipinski definition) is 11. The molecule has 1 aromatic heterocycles. The van der Waals surface area contributed by atoms with E-state index < -0.39 is 36.0 Å². The van der Waals surface area contributed by atoms with Crippen LogP contribution < -0.4 is 9.47 Å². The minimum Gasteiger partial charge on any atom is -0.497 e. The molecule has 0 aliphatic carbocycles. The van der Waals surface area contributed by atoms with Crippen LogP contribution >= 0.6 is 11.3 Å². The Morgan fingerprint density at radius 3 is 2.25 bits per heavy atom. The van der Waals surface area contributed by atoms with Crippen molar-refractivity contribution < 1.29 is 47.9 Å². The van der Waals surface area contributed by atoms with Gasteiger partial charge in [0.2, 0.25) is 5.78 Å². The van der Waals surface area contributed by atoms with Crippen LogP contribution in [-0.4, -0.2) is 73.9 Å². The van der Waals surface area contributed by atoms with Crippen LogP contribution in [0, 0.1) is 0 Å². The molecule has 2 aromatic carbocycles. The van der Waals surface area contributed by atoms with Gasteiger partial charge >= 0.3 is 5.97 Å². The van der Waals surface area contributed by atoms with Crippen molar-refractivity contribution in [3.8, 4) is 21.9 Å². The van der Waals surface area contributed by atoms with Gasteiger partial charge in [0.15, 0.2) is 17.9 Å². The predicted octanol–water partition coefficient (Wildman–Crippen LogP) is 5.13. The summed E-state index contributed by atoms with van der Waals surface area (Å²) in [6.07, 6.45) is -2.01. The van der Waals surface area contributed by atoms with Gasteiger partial charge in [0, 0.05) is 16.9 Å². The molecule has 2 saturated heterocycles. The fourth-order valence-electron chi connectivity index (χ4n) is 5.33. The topological polar surface area (TPSA) is 119 Å². The zero-order chi connectivity index (χ0) is 31.6. The molecule has 2 aliphatic rings. The first-order valence-corrected chi connectivity index (χ1v) is 15.2. The number of esters is 1. The summed E-state index contributed by atoms with van der Waals surface area (Å²) < 4.78 is 40.0. The van der Waals surface area contributed by atoms with Gasteiger partial charge in [-0.15, -0.1) is 11.3 Å². The molecule has 10 nitrogen and oxygen atoms in total. The summed E-state index contributed by atoms with van der Waals surface area (Å²) in [6, 6.07) is 16.1. The summed E-state index contributed by atoms with van der Waals surface area (Å²) in [5, 5.41) is 10.2. The average molecular weight is 627 g/mol. The van der Waals surface area contributed by atoms with E-state index in [9.17, 15) is 14.7 Å². The monoisotopic (exact) mass is 626 g/mol. The summed E-state index contributed by atoms with van der Waals surface area (Å²) >= 11 is 1.31. The molecule has 0 radical (unpaired) electrons. The van der Waals surface area contributed by atoms with Gasteiger partial charge in [0.1, 0.15) is 30.3 Å². The lowest BCUT2D eigenvalue weighted by molar-refractivity contribution is -0.314. The fourth-order valence-corrected chi connectivity index (χ4v) is 6.48. The average Bonchev–Trinajstić information content (AvgIpc) is 3.54. The van der Waals surface area contributed by atoms with Crippen LogP contribution in [0.5, 0.6) is 11.5 Å². The van der Waals surface area contributed by atoms with Crippen LogP contribution in [0.25, 0.3) is 10.4 Å². The Balaban J connectivity index is 1.34. The van der Waals surface area contributed by atoms with E-state index in [4.69, 9.17) is 33.2 Å². The third-order valence-corrected chi connectivity index (χ3v) is 8.46. The third kappa shape index (κ3) is 7.66. The first-order valence-electron chi connectivity index (χ1n) is 14.4. The van der Waals surface area contributed by atoms with Crippen molar-refractivity contribution in [3.05, 3.63) is 70.6 Å². The molecule has 3 heterocycles. The number of fused-ring (bicyclic) bond motifs is 1. The van der Waals surface area contributed by atoms with Gasteiger partial charge in [-0.1, -0.05) is 0 Å². The second kappa shape index (κ2) is 13.0. The molecule has 3 aromatic rings. The molecule has 5 rings (SSSR count). The zero-order valence-electron chi connectivity index (χ0n) is 25.7. The maximum absolute atomic E-state index is 13.4. The van der Waals surface area contributed by atoms with Crippen LogP contribution in [0.3, 0.4) is 0 Å². The normalized spacial score (nSPS) is 22.7. The van der Waals surface area contributed by atoms with Crippen LogP contribution in [-0.2, 0) is 34.9 Å². The van der Waals surface area contributed by atoms with E-state index in [2.05, 4.69) is 0 Å². The van der Waals surface area contributed by atoms with Crippen LogP contribution in [0.2, 0.25) is 0 Å². The number of benzene rings is 2. The van der Waals surface area contributed by atoms with E-state index >= 15 is 0 Å². The Bertz CT molecular complexity index is 1460. The lowest BCUT2D eigenvalue weighted by Gasteiger charge is -2.38. The first kappa shape index (κ1) is 32.1. The minimum absolute atomic E-state index is 0.0684. The van der Waals surface area contributed by atoms with Crippen molar-refractivity contribution in [3.63, 3.8) is 0 Å². The van der Waals surface area contributed by atoms with Gasteiger partial charge in [-0.2, -0.15) is 0 Å². The molecule has 0 bridgehead atoms. The van der Waals surface area contributed by atoms with E-state index in [-0.39, 0.29) is 24.9 Å². The molecule has 236 valence electrons. The van der Waals surface area contributed by atoms with Crippen molar-refractivity contribution in [1.29, 1.82) is 0 Å². The van der Waals surface area contributed by atoms with E-state index in [0.29, 0.717) is 33.9 Å². The maximum Gasteiger partial charge on any atom is 0.310 e. The highest BCUT2D eigenvalue weighted by Crippen LogP contribution is 2.39. The van der Waals surface area contributed by atoms with Crippen molar-refractivity contribution in [2.75, 3.05) is 20.8 Å². The Labute approximate surface area is 260 Å². The highest BCUT2D eigenvalue weighted by molar-refractivity contribution is 7.17. The molecule has 44 heavy (non-hydrogen) atoms. The fraction of sp³-hybridized carbons (Fsp3) is 0.455. The predicted molar refractivity (Wildman–Crippen MR) is 162 cm³/mol. The molecule has 2 fully saturated rings. The quantitative estimate of drug-likeness (QED) is 0.174. The summed E-state index contributed by atoms with van der Waals surface area (Å²) in [5.74, 6) is -1.58. The summed E-state index contributed by atoms with van der Waals surface area (Å²) in [4.78, 5) is 27.9. The number of hydrogen-bond donors (Lipinski definition) is 1. The Morgan fingerprint density at radius 1 is 1.00 bits per heavy atom. The number of ether oxygens (including phenoxy) is 7. The Morgan fingerprint density at radius 2 is 1.64 bits per heavy atom. The molecule has 0 amide bonds. The van der Waals surface area contributed by atoms with Gasteiger partial charge in [-0.25, -0.2) is 0 Å². The van der Waals surface area contributed by atoms with Gasteiger partial charge < -0.3 is 38.3 Å². The van der Waals surface area contributed by atoms with Gasteiger partial charge in [0.05, 0.1) is 31.6 Å². The van der Waals surface area contributed by atoms with E-state index in [1.165, 1.54) is 25.2 Å². The van der Waals surface area contributed by atoms with Crippen molar-refractivity contribution in [1.82, 2.24) is 0 Å². The first-order chi connectivity index (χ1) is 20.8. The van der Waals surface area contributed by atoms with E-state index in [1.807, 2.05) is 38.1 Å². The van der Waals surface area contributed by atoms with E-state index in [1.54, 1.807) is 44.6 Å². The SMILES string of the molecule is COc1ccc(C(=O)c2cc(CC(=O)OCC3OC(OC(C)(C)O)CC4OC(C)(C)OC34)c(-c3ccc(OC)cc3)s2)cc1. The molecule has 0 saturated carbocycles. The van der Waals surface area contributed by atoms with Gasteiger partial charge in [-0.3, -0.25) is 9.59 Å². The highest BCUT2D eigenvalue weighted by atomic mass is 32.1. The molecule has 1 N–H and O–H groups in total. The molecular weight excluding hydrogens is 588 g/mol. The number of ketones is 1. The minimum atomic E-state index is -1.43. The number of methoxy groups -OCH3 is 2. The number of carbonyl (C=O) groups excluding carboxylic acids is 2. The van der Waals surface area contributed by atoms with Crippen LogP contribution in [0.1, 0.15) is 54.9 Å². The summed E-state index contributed by atoms with van der Waals surface area (Å²) in [7, 11) is 3.16. The highest BCUT2D eigenvalue weighted by Gasteiger charge is 2.51. The second-order valence-corrected chi connectivity index (χ2v) is 12.7. The Hall–Kier alpha value is -3.32. The largest absolute Gasteiger partial charge is 0.497 e. The van der Waals surface area contributed by atoms with Crippen LogP contribution in [0.4, 0.5) is 0 Å². The number of carbonyl (C=O) groups is 2.